The van der Waals surface area contributed by atoms with Crippen molar-refractivity contribution in [2.75, 3.05) is 26.2 Å². The van der Waals surface area contributed by atoms with Gasteiger partial charge in [-0.1, -0.05) is 73.2 Å². The monoisotopic (exact) mass is 388 g/mol. The Hall–Kier alpha value is -2.32. The van der Waals surface area contributed by atoms with Gasteiger partial charge in [0, 0.05) is 10.9 Å². The van der Waals surface area contributed by atoms with Crippen LogP contribution < -0.4 is 4.74 Å². The lowest BCUT2D eigenvalue weighted by Crippen LogP contribution is -2.51. The van der Waals surface area contributed by atoms with Crippen molar-refractivity contribution in [1.82, 2.24) is 0 Å². The summed E-state index contributed by atoms with van der Waals surface area (Å²) < 4.78 is 7.63. The largest absolute Gasteiger partial charge is 0.487 e. The van der Waals surface area contributed by atoms with Gasteiger partial charge in [-0.05, 0) is 43.6 Å². The second-order valence-corrected chi connectivity index (χ2v) is 8.71. The van der Waals surface area contributed by atoms with E-state index < -0.39 is 0 Å². The van der Waals surface area contributed by atoms with Crippen LogP contribution in [-0.4, -0.2) is 30.7 Å². The highest BCUT2D eigenvalue weighted by Gasteiger charge is 2.28. The van der Waals surface area contributed by atoms with Gasteiger partial charge in [-0.3, -0.25) is 0 Å². The molecule has 4 rings (SSSR count). The fourth-order valence-corrected chi connectivity index (χ4v) is 4.85. The zero-order chi connectivity index (χ0) is 19.9. The van der Waals surface area contributed by atoms with Gasteiger partial charge in [-0.2, -0.15) is 0 Å². The Morgan fingerprint density at radius 3 is 2.24 bits per heavy atom. The summed E-state index contributed by atoms with van der Waals surface area (Å²) in [5, 5.41) is 2.49. The first-order chi connectivity index (χ1) is 14.3. The van der Waals surface area contributed by atoms with E-state index in [4.69, 9.17) is 4.74 Å². The van der Waals surface area contributed by atoms with Gasteiger partial charge in [-0.15, -0.1) is 0 Å². The van der Waals surface area contributed by atoms with E-state index in [9.17, 15) is 0 Å². The average molecular weight is 389 g/mol. The van der Waals surface area contributed by atoms with Crippen molar-refractivity contribution >= 4 is 10.8 Å². The molecule has 0 atom stereocenters. The van der Waals surface area contributed by atoms with Crippen molar-refractivity contribution < 1.29 is 9.22 Å². The second kappa shape index (κ2) is 9.45. The topological polar surface area (TPSA) is 9.23 Å². The van der Waals surface area contributed by atoms with E-state index in [1.54, 1.807) is 0 Å². The Balaban J connectivity index is 1.52. The normalized spacial score (nSPS) is 16.9. The molecule has 0 bridgehead atoms. The van der Waals surface area contributed by atoms with E-state index >= 15 is 0 Å². The number of ether oxygens (including phenoxy) is 1. The number of hydrogen-bond donors (Lipinski definition) is 0. The molecule has 3 aromatic carbocycles. The number of rotatable bonds is 6. The number of fused-ring (bicyclic) bond motifs is 1. The van der Waals surface area contributed by atoms with Gasteiger partial charge < -0.3 is 9.22 Å². The fraction of sp³-hybridized carbons (Fsp3) is 0.407. The molecule has 3 aromatic rings. The smallest absolute Gasteiger partial charge is 0.137 e. The maximum atomic E-state index is 6.47. The number of aryl methyl sites for hydroxylation is 1. The summed E-state index contributed by atoms with van der Waals surface area (Å²) >= 11 is 0. The molecule has 1 saturated heterocycles. The molecule has 1 fully saturated rings. The van der Waals surface area contributed by atoms with E-state index in [2.05, 4.69) is 73.7 Å². The SMILES string of the molecule is Cc1ccc2ccccc2c1OCC[N+]1(Cc2ccccc2)CCCCCCC1. The number of benzene rings is 3. The zero-order valence-corrected chi connectivity index (χ0v) is 17.8. The average Bonchev–Trinajstić information content (AvgIpc) is 2.73. The third kappa shape index (κ3) is 5.00. The zero-order valence-electron chi connectivity index (χ0n) is 17.8. The van der Waals surface area contributed by atoms with Crippen LogP contribution in [0.1, 0.15) is 43.2 Å². The molecular weight excluding hydrogens is 354 g/mol. The molecule has 0 unspecified atom stereocenters. The standard InChI is InChI=1S/C27H34NO/c1-23-16-17-25-14-8-9-15-26(25)27(23)29-21-20-28(18-10-3-2-4-11-19-28)22-24-12-6-5-7-13-24/h5-9,12-17H,2-4,10-11,18-22H2,1H3/q+1. The molecule has 0 radical (unpaired) electrons. The maximum absolute atomic E-state index is 6.47. The molecule has 0 amide bonds. The van der Waals surface area contributed by atoms with E-state index in [0.29, 0.717) is 0 Å². The first kappa shape index (κ1) is 20.0. The predicted octanol–water partition coefficient (Wildman–Crippen LogP) is 6.51. The Morgan fingerprint density at radius 2 is 1.45 bits per heavy atom. The lowest BCUT2D eigenvalue weighted by atomic mass is 10.0. The molecule has 29 heavy (non-hydrogen) atoms. The van der Waals surface area contributed by atoms with E-state index in [0.717, 1.165) is 29.9 Å². The van der Waals surface area contributed by atoms with Gasteiger partial charge in [-0.25, -0.2) is 0 Å². The summed E-state index contributed by atoms with van der Waals surface area (Å²) in [5.41, 5.74) is 2.68. The summed E-state index contributed by atoms with van der Waals surface area (Å²) in [6, 6.07) is 24.0. The van der Waals surface area contributed by atoms with Crippen LogP contribution in [0.15, 0.2) is 66.7 Å². The first-order valence-corrected chi connectivity index (χ1v) is 11.3. The van der Waals surface area contributed by atoms with Crippen molar-refractivity contribution in [3.63, 3.8) is 0 Å². The van der Waals surface area contributed by atoms with Crippen molar-refractivity contribution in [2.24, 2.45) is 0 Å². The van der Waals surface area contributed by atoms with Gasteiger partial charge in [0.2, 0.25) is 0 Å². The highest BCUT2D eigenvalue weighted by atomic mass is 16.5. The lowest BCUT2D eigenvalue weighted by Gasteiger charge is -2.40. The van der Waals surface area contributed by atoms with Crippen LogP contribution in [0.3, 0.4) is 0 Å². The molecule has 0 spiro atoms. The van der Waals surface area contributed by atoms with Crippen LogP contribution in [0.4, 0.5) is 0 Å². The Labute approximate surface area is 175 Å². The van der Waals surface area contributed by atoms with Crippen LogP contribution in [-0.2, 0) is 6.54 Å². The highest BCUT2D eigenvalue weighted by Crippen LogP contribution is 2.30. The van der Waals surface area contributed by atoms with Crippen molar-refractivity contribution in [1.29, 1.82) is 0 Å². The van der Waals surface area contributed by atoms with Crippen LogP contribution in [0.5, 0.6) is 5.75 Å². The molecule has 1 aliphatic heterocycles. The van der Waals surface area contributed by atoms with Gasteiger partial charge in [0.25, 0.3) is 0 Å². The minimum absolute atomic E-state index is 0.779. The number of quaternary nitrogens is 1. The van der Waals surface area contributed by atoms with Gasteiger partial charge in [0.1, 0.15) is 25.4 Å². The molecule has 2 heteroatoms. The summed E-state index contributed by atoms with van der Waals surface area (Å²) in [6.07, 6.45) is 6.81. The van der Waals surface area contributed by atoms with Crippen LogP contribution in [0, 0.1) is 6.92 Å². The Kier molecular flexibility index (Phi) is 6.51. The van der Waals surface area contributed by atoms with Crippen LogP contribution >= 0.6 is 0 Å². The predicted molar refractivity (Wildman–Crippen MR) is 122 cm³/mol. The molecular formula is C27H34NO+. The molecule has 0 saturated carbocycles. The summed E-state index contributed by atoms with van der Waals surface area (Å²) in [6.45, 7) is 7.68. The van der Waals surface area contributed by atoms with E-state index in [1.165, 1.54) is 67.1 Å². The third-order valence-corrected chi connectivity index (χ3v) is 6.51. The van der Waals surface area contributed by atoms with Gasteiger partial charge in [0.05, 0.1) is 13.1 Å². The molecule has 1 heterocycles. The number of hydrogen-bond acceptors (Lipinski definition) is 1. The number of nitrogens with zero attached hydrogens (tertiary/aromatic N) is 1. The second-order valence-electron chi connectivity index (χ2n) is 8.71. The molecule has 152 valence electrons. The molecule has 0 N–H and O–H groups in total. The van der Waals surface area contributed by atoms with E-state index in [1.807, 2.05) is 0 Å². The first-order valence-electron chi connectivity index (χ1n) is 11.3. The quantitative estimate of drug-likeness (QED) is 0.437. The van der Waals surface area contributed by atoms with Crippen molar-refractivity contribution in [3.05, 3.63) is 77.9 Å². The minimum Gasteiger partial charge on any atom is -0.487 e. The highest BCUT2D eigenvalue weighted by molar-refractivity contribution is 5.89. The molecule has 0 aliphatic carbocycles. The van der Waals surface area contributed by atoms with Gasteiger partial charge >= 0.3 is 0 Å². The molecule has 2 nitrogen and oxygen atoms in total. The van der Waals surface area contributed by atoms with E-state index in [-0.39, 0.29) is 0 Å². The fourth-order valence-electron chi connectivity index (χ4n) is 4.85. The van der Waals surface area contributed by atoms with Gasteiger partial charge in [0.15, 0.2) is 0 Å². The lowest BCUT2D eigenvalue weighted by molar-refractivity contribution is -0.941. The van der Waals surface area contributed by atoms with Crippen molar-refractivity contribution in [2.45, 2.75) is 45.6 Å². The van der Waals surface area contributed by atoms with Crippen molar-refractivity contribution in [3.8, 4) is 5.75 Å². The third-order valence-electron chi connectivity index (χ3n) is 6.51. The van der Waals surface area contributed by atoms with Crippen LogP contribution in [0.2, 0.25) is 0 Å². The van der Waals surface area contributed by atoms with Crippen LogP contribution in [0.25, 0.3) is 10.8 Å². The molecule has 1 aliphatic rings. The Bertz CT molecular complexity index is 910. The summed E-state index contributed by atoms with van der Waals surface area (Å²) in [4.78, 5) is 0. The maximum Gasteiger partial charge on any atom is 0.137 e. The Morgan fingerprint density at radius 1 is 0.759 bits per heavy atom. The molecule has 0 aromatic heterocycles. The summed E-state index contributed by atoms with van der Waals surface area (Å²) in [7, 11) is 0. The number of likely N-dealkylation sites (tertiary alicyclic amines) is 1. The summed E-state index contributed by atoms with van der Waals surface area (Å²) in [5.74, 6) is 1.06. The minimum atomic E-state index is 0.779.